The Labute approximate surface area is 181 Å². The molecule has 4 rings (SSSR count). The first-order chi connectivity index (χ1) is 15.1. The Kier molecular flexibility index (Phi) is 6.21. The number of aromatic nitrogens is 2. The highest BCUT2D eigenvalue weighted by Crippen LogP contribution is 2.34. The molecule has 1 aliphatic carbocycles. The molecule has 1 heterocycles. The second-order valence-electron chi connectivity index (χ2n) is 7.79. The Balaban J connectivity index is 1.35. The molecule has 0 radical (unpaired) electrons. The van der Waals surface area contributed by atoms with Crippen molar-refractivity contribution in [2.75, 3.05) is 27.3 Å². The number of ether oxygens (including phenoxy) is 2. The molecule has 0 N–H and O–H groups in total. The lowest BCUT2D eigenvalue weighted by Gasteiger charge is -2.18. The smallest absolute Gasteiger partial charge is 0.261 e. The van der Waals surface area contributed by atoms with Crippen LogP contribution in [0.2, 0.25) is 0 Å². The first kappa shape index (κ1) is 20.9. The minimum Gasteiger partial charge on any atom is -0.497 e. The summed E-state index contributed by atoms with van der Waals surface area (Å²) in [4.78, 5) is 31.9. The summed E-state index contributed by atoms with van der Waals surface area (Å²) < 4.78 is 12.6. The fourth-order valence-electron chi connectivity index (χ4n) is 3.58. The van der Waals surface area contributed by atoms with Gasteiger partial charge in [0.05, 0.1) is 24.6 Å². The van der Waals surface area contributed by atoms with E-state index in [1.165, 1.54) is 0 Å². The van der Waals surface area contributed by atoms with Gasteiger partial charge in [-0.15, -0.1) is 0 Å². The van der Waals surface area contributed by atoms with Crippen LogP contribution in [0.3, 0.4) is 0 Å². The van der Waals surface area contributed by atoms with Gasteiger partial charge in [-0.2, -0.15) is 0 Å². The zero-order chi connectivity index (χ0) is 21.8. The van der Waals surface area contributed by atoms with Crippen LogP contribution in [0.5, 0.6) is 11.5 Å². The zero-order valence-corrected chi connectivity index (χ0v) is 17.9. The van der Waals surface area contributed by atoms with Gasteiger partial charge in [0.2, 0.25) is 5.91 Å². The molecule has 0 saturated heterocycles. The molecule has 1 aromatic heterocycles. The Morgan fingerprint density at radius 3 is 2.55 bits per heavy atom. The van der Waals surface area contributed by atoms with Crippen LogP contribution in [0.25, 0.3) is 10.9 Å². The second kappa shape index (κ2) is 9.20. The average molecular weight is 421 g/mol. The van der Waals surface area contributed by atoms with Crippen molar-refractivity contribution >= 4 is 16.8 Å². The van der Waals surface area contributed by atoms with Crippen LogP contribution in [-0.4, -0.2) is 47.7 Å². The first-order valence-electron chi connectivity index (χ1n) is 10.6. The van der Waals surface area contributed by atoms with Gasteiger partial charge in [-0.3, -0.25) is 14.2 Å². The van der Waals surface area contributed by atoms with E-state index in [1.807, 2.05) is 48.5 Å². The van der Waals surface area contributed by atoms with Gasteiger partial charge in [0.25, 0.3) is 5.56 Å². The Bertz CT molecular complexity index is 1120. The minimum atomic E-state index is -0.00297. The third kappa shape index (κ3) is 4.87. The molecule has 1 saturated carbocycles. The molecule has 0 bridgehead atoms. The van der Waals surface area contributed by atoms with Gasteiger partial charge >= 0.3 is 0 Å². The van der Waals surface area contributed by atoms with Gasteiger partial charge < -0.3 is 14.4 Å². The van der Waals surface area contributed by atoms with Crippen LogP contribution in [0.4, 0.5) is 0 Å². The van der Waals surface area contributed by atoms with E-state index < -0.39 is 0 Å². The van der Waals surface area contributed by atoms with Crippen molar-refractivity contribution in [2.24, 2.45) is 0 Å². The fraction of sp³-hybridized carbons (Fsp3) is 0.375. The molecule has 1 aliphatic rings. The molecular formula is C24H27N3O4. The number of nitrogens with zero attached hydrogens (tertiary/aromatic N) is 3. The molecule has 1 amide bonds. The number of methoxy groups -OCH3 is 1. The van der Waals surface area contributed by atoms with E-state index in [0.717, 1.165) is 24.3 Å². The van der Waals surface area contributed by atoms with Gasteiger partial charge in [-0.05, 0) is 49.2 Å². The van der Waals surface area contributed by atoms with Crippen molar-refractivity contribution < 1.29 is 14.3 Å². The fourth-order valence-corrected chi connectivity index (χ4v) is 3.58. The number of fused-ring (bicyclic) bond motifs is 1. The number of benzene rings is 2. The normalized spacial score (nSPS) is 13.2. The lowest BCUT2D eigenvalue weighted by Crippen LogP contribution is -2.32. The highest BCUT2D eigenvalue weighted by atomic mass is 16.5. The maximum absolute atomic E-state index is 12.9. The molecule has 0 atom stereocenters. The standard InChI is InChI=1S/C24H27N3O4/c1-26(15-16-31-19-11-9-18(30-2)10-12-19)23(28)14-13-22-25-21-6-4-3-5-20(21)24(29)27(22)17-7-8-17/h3-6,9-12,17H,7-8,13-16H2,1-2H3. The summed E-state index contributed by atoms with van der Waals surface area (Å²) in [6, 6.07) is 14.9. The van der Waals surface area contributed by atoms with Crippen molar-refractivity contribution in [1.82, 2.24) is 14.5 Å². The highest BCUT2D eigenvalue weighted by Gasteiger charge is 2.28. The zero-order valence-electron chi connectivity index (χ0n) is 17.9. The van der Waals surface area contributed by atoms with Crippen LogP contribution < -0.4 is 15.0 Å². The van der Waals surface area contributed by atoms with E-state index >= 15 is 0 Å². The lowest BCUT2D eigenvalue weighted by molar-refractivity contribution is -0.130. The topological polar surface area (TPSA) is 73.7 Å². The minimum absolute atomic E-state index is 0.00286. The van der Waals surface area contributed by atoms with Crippen LogP contribution >= 0.6 is 0 Å². The largest absolute Gasteiger partial charge is 0.497 e. The van der Waals surface area contributed by atoms with Crippen molar-refractivity contribution in [3.05, 3.63) is 64.7 Å². The summed E-state index contributed by atoms with van der Waals surface area (Å²) in [5.41, 5.74) is 0.685. The number of rotatable bonds is 9. The number of para-hydroxylation sites is 1. The molecule has 1 fully saturated rings. The molecule has 3 aromatic rings. The number of hydrogen-bond acceptors (Lipinski definition) is 5. The maximum atomic E-state index is 12.9. The summed E-state index contributed by atoms with van der Waals surface area (Å²) in [5, 5.41) is 0.636. The Morgan fingerprint density at radius 2 is 1.84 bits per heavy atom. The second-order valence-corrected chi connectivity index (χ2v) is 7.79. The van der Waals surface area contributed by atoms with Gasteiger partial charge in [0.1, 0.15) is 23.9 Å². The Morgan fingerprint density at radius 1 is 1.13 bits per heavy atom. The summed E-state index contributed by atoms with van der Waals surface area (Å²) in [6.07, 6.45) is 2.72. The van der Waals surface area contributed by atoms with Gasteiger partial charge in [0, 0.05) is 25.9 Å². The molecule has 0 aliphatic heterocycles. The summed E-state index contributed by atoms with van der Waals surface area (Å²) in [5.74, 6) is 2.20. The number of hydrogen-bond donors (Lipinski definition) is 0. The van der Waals surface area contributed by atoms with Crippen LogP contribution in [0, 0.1) is 0 Å². The third-order valence-corrected chi connectivity index (χ3v) is 5.54. The van der Waals surface area contributed by atoms with E-state index in [-0.39, 0.29) is 17.5 Å². The van der Waals surface area contributed by atoms with Crippen LogP contribution in [0.15, 0.2) is 53.3 Å². The predicted molar refractivity (Wildman–Crippen MR) is 119 cm³/mol. The average Bonchev–Trinajstić information content (AvgIpc) is 3.63. The number of carbonyl (C=O) groups excluding carboxylic acids is 1. The van der Waals surface area contributed by atoms with Crippen molar-refractivity contribution in [2.45, 2.75) is 31.7 Å². The predicted octanol–water partition coefficient (Wildman–Crippen LogP) is 3.21. The molecule has 31 heavy (non-hydrogen) atoms. The lowest BCUT2D eigenvalue weighted by atomic mass is 10.2. The molecule has 7 nitrogen and oxygen atoms in total. The van der Waals surface area contributed by atoms with Crippen molar-refractivity contribution in [1.29, 1.82) is 0 Å². The third-order valence-electron chi connectivity index (χ3n) is 5.54. The maximum Gasteiger partial charge on any atom is 0.261 e. The first-order valence-corrected chi connectivity index (χ1v) is 10.6. The summed E-state index contributed by atoms with van der Waals surface area (Å²) in [7, 11) is 3.38. The van der Waals surface area contributed by atoms with E-state index in [1.54, 1.807) is 23.6 Å². The molecular weight excluding hydrogens is 394 g/mol. The van der Waals surface area contributed by atoms with E-state index in [2.05, 4.69) is 0 Å². The van der Waals surface area contributed by atoms with Crippen molar-refractivity contribution in [3.63, 3.8) is 0 Å². The molecule has 0 spiro atoms. The number of aryl methyl sites for hydroxylation is 1. The molecule has 0 unspecified atom stereocenters. The number of amides is 1. The number of likely N-dealkylation sites (N-methyl/N-ethyl adjacent to an activating group) is 1. The Hall–Kier alpha value is -3.35. The van der Waals surface area contributed by atoms with E-state index in [9.17, 15) is 9.59 Å². The molecule has 162 valence electrons. The van der Waals surface area contributed by atoms with Crippen LogP contribution in [-0.2, 0) is 11.2 Å². The monoisotopic (exact) mass is 421 g/mol. The van der Waals surface area contributed by atoms with Crippen molar-refractivity contribution in [3.8, 4) is 11.5 Å². The molecule has 7 heteroatoms. The van der Waals surface area contributed by atoms with Gasteiger partial charge in [-0.25, -0.2) is 4.98 Å². The SMILES string of the molecule is COc1ccc(OCCN(C)C(=O)CCc2nc3ccccc3c(=O)n2C2CC2)cc1. The van der Waals surface area contributed by atoms with Crippen LogP contribution in [0.1, 0.15) is 31.1 Å². The van der Waals surface area contributed by atoms with Gasteiger partial charge in [-0.1, -0.05) is 12.1 Å². The van der Waals surface area contributed by atoms with E-state index in [0.29, 0.717) is 42.7 Å². The number of carbonyl (C=O) groups is 1. The highest BCUT2D eigenvalue weighted by molar-refractivity contribution is 5.78. The molecule has 2 aromatic carbocycles. The summed E-state index contributed by atoms with van der Waals surface area (Å²) >= 11 is 0. The van der Waals surface area contributed by atoms with Gasteiger partial charge in [0.15, 0.2) is 0 Å². The van der Waals surface area contributed by atoms with E-state index in [4.69, 9.17) is 14.5 Å². The summed E-state index contributed by atoms with van der Waals surface area (Å²) in [6.45, 7) is 0.876. The quantitative estimate of drug-likeness (QED) is 0.530.